The highest BCUT2D eigenvalue weighted by atomic mass is 32.2. The second-order valence-corrected chi connectivity index (χ2v) is 8.93. The number of para-hydroxylation sites is 2. The van der Waals surface area contributed by atoms with Gasteiger partial charge in [-0.05, 0) is 55.3 Å². The molecule has 0 saturated heterocycles. The maximum atomic E-state index is 12.9. The van der Waals surface area contributed by atoms with Crippen molar-refractivity contribution < 1.29 is 9.59 Å². The van der Waals surface area contributed by atoms with Gasteiger partial charge in [0, 0.05) is 29.8 Å². The topological polar surface area (TPSA) is 70.1 Å². The Morgan fingerprint density at radius 3 is 2.84 bits per heavy atom. The van der Waals surface area contributed by atoms with Gasteiger partial charge in [0.25, 0.3) is 0 Å². The third-order valence-electron chi connectivity index (χ3n) is 5.73. The molecule has 6 nitrogen and oxygen atoms in total. The average Bonchev–Trinajstić information content (AvgIpc) is 3.42. The highest BCUT2D eigenvalue weighted by Gasteiger charge is 2.25. The van der Waals surface area contributed by atoms with Gasteiger partial charge in [0.2, 0.25) is 11.8 Å². The number of hydrogen-bond acceptors (Lipinski definition) is 3. The van der Waals surface area contributed by atoms with Gasteiger partial charge in [0.15, 0.2) is 0 Å². The number of aromatic nitrogens is 2. The average molecular weight is 445 g/mol. The van der Waals surface area contributed by atoms with Crippen molar-refractivity contribution in [2.75, 3.05) is 23.7 Å². The molecule has 0 spiro atoms. The number of carbonyl (C=O) groups is 2. The van der Waals surface area contributed by atoms with E-state index in [0.717, 1.165) is 28.3 Å². The summed E-state index contributed by atoms with van der Waals surface area (Å²) in [5.41, 5.74) is 5.13. The minimum Gasteiger partial charge on any atom is -0.361 e. The summed E-state index contributed by atoms with van der Waals surface area (Å²) < 4.78 is 2.07. The minimum atomic E-state index is -0.164. The van der Waals surface area contributed by atoms with Crippen LogP contribution >= 0.6 is 11.8 Å². The molecule has 4 aromatic rings. The molecule has 0 unspecified atom stereocenters. The lowest BCUT2D eigenvalue weighted by atomic mass is 10.1. The summed E-state index contributed by atoms with van der Waals surface area (Å²) in [6, 6.07) is 18.0. The number of amides is 2. The van der Waals surface area contributed by atoms with Crippen LogP contribution in [0.2, 0.25) is 0 Å². The Hall–Kier alpha value is -3.45. The number of aryl methyl sites for hydroxylation is 1. The molecule has 0 fully saturated rings. The van der Waals surface area contributed by atoms with E-state index in [1.54, 1.807) is 4.90 Å². The molecule has 0 radical (unpaired) electrons. The standard InChI is InChI=1S/C25H24N4O2S/c1-17-8-9-20-19(13-17)18(14-27-20)10-11-26-23(30)15-29-22-6-3-2-5-21(22)28-12-4-7-25(28)32-16-24(29)31/h2-9,12-14,27H,10-11,15-16H2,1H3,(H,26,30). The number of thioether (sulfide) groups is 1. The van der Waals surface area contributed by atoms with Crippen molar-refractivity contribution in [2.45, 2.75) is 18.4 Å². The van der Waals surface area contributed by atoms with Crippen LogP contribution in [-0.4, -0.2) is 40.2 Å². The van der Waals surface area contributed by atoms with E-state index in [2.05, 4.69) is 40.0 Å². The van der Waals surface area contributed by atoms with Gasteiger partial charge in [-0.1, -0.05) is 35.5 Å². The molecule has 0 saturated carbocycles. The Balaban J connectivity index is 1.30. The van der Waals surface area contributed by atoms with E-state index in [1.807, 2.05) is 48.8 Å². The summed E-state index contributed by atoms with van der Waals surface area (Å²) in [4.78, 5) is 30.6. The van der Waals surface area contributed by atoms with Crippen LogP contribution in [0.3, 0.4) is 0 Å². The fourth-order valence-electron chi connectivity index (χ4n) is 4.13. The Morgan fingerprint density at radius 1 is 1.12 bits per heavy atom. The highest BCUT2D eigenvalue weighted by molar-refractivity contribution is 7.99. The lowest BCUT2D eigenvalue weighted by Gasteiger charge is -2.27. The first-order valence-electron chi connectivity index (χ1n) is 10.6. The molecular formula is C25H24N4O2S. The van der Waals surface area contributed by atoms with Crippen molar-refractivity contribution in [3.63, 3.8) is 0 Å². The number of benzene rings is 2. The predicted molar refractivity (Wildman–Crippen MR) is 129 cm³/mol. The number of anilines is 1. The number of fused-ring (bicyclic) bond motifs is 4. The van der Waals surface area contributed by atoms with Gasteiger partial charge < -0.3 is 19.8 Å². The minimum absolute atomic E-state index is 0.00000131. The van der Waals surface area contributed by atoms with Crippen molar-refractivity contribution in [1.29, 1.82) is 0 Å². The van der Waals surface area contributed by atoms with Crippen LogP contribution < -0.4 is 10.2 Å². The molecule has 0 aliphatic carbocycles. The Kier molecular flexibility index (Phi) is 5.49. The molecule has 1 aliphatic heterocycles. The second-order valence-electron chi connectivity index (χ2n) is 7.94. The largest absolute Gasteiger partial charge is 0.361 e. The highest BCUT2D eigenvalue weighted by Crippen LogP contribution is 2.33. The number of nitrogens with one attached hydrogen (secondary N) is 2. The van der Waals surface area contributed by atoms with Gasteiger partial charge in [-0.2, -0.15) is 0 Å². The first-order valence-corrected chi connectivity index (χ1v) is 11.6. The Morgan fingerprint density at radius 2 is 1.97 bits per heavy atom. The van der Waals surface area contributed by atoms with Crippen LogP contribution in [0, 0.1) is 6.92 Å². The van der Waals surface area contributed by atoms with Crippen LogP contribution in [0.1, 0.15) is 11.1 Å². The quantitative estimate of drug-likeness (QED) is 0.488. The van der Waals surface area contributed by atoms with E-state index in [0.29, 0.717) is 12.3 Å². The van der Waals surface area contributed by atoms with E-state index < -0.39 is 0 Å². The van der Waals surface area contributed by atoms with Crippen molar-refractivity contribution in [1.82, 2.24) is 14.9 Å². The fraction of sp³-hybridized carbons (Fsp3) is 0.200. The number of aromatic amines is 1. The summed E-state index contributed by atoms with van der Waals surface area (Å²) in [5, 5.41) is 5.19. The zero-order valence-electron chi connectivity index (χ0n) is 17.8. The molecular weight excluding hydrogens is 420 g/mol. The first kappa shape index (κ1) is 20.5. The molecule has 7 heteroatoms. The molecule has 2 aromatic carbocycles. The van der Waals surface area contributed by atoms with Gasteiger partial charge in [-0.3, -0.25) is 9.59 Å². The van der Waals surface area contributed by atoms with E-state index in [9.17, 15) is 9.59 Å². The van der Waals surface area contributed by atoms with Crippen LogP contribution in [0.5, 0.6) is 0 Å². The lowest BCUT2D eigenvalue weighted by molar-refractivity contribution is -0.122. The molecule has 2 amide bonds. The molecule has 0 atom stereocenters. The predicted octanol–water partition coefficient (Wildman–Crippen LogP) is 4.06. The Bertz CT molecular complexity index is 1310. The van der Waals surface area contributed by atoms with E-state index in [4.69, 9.17) is 0 Å². The number of rotatable bonds is 5. The van der Waals surface area contributed by atoms with Crippen LogP contribution in [0.4, 0.5) is 5.69 Å². The fourth-order valence-corrected chi connectivity index (χ4v) is 5.03. The molecule has 1 aliphatic rings. The number of H-pyrrole nitrogens is 1. The van der Waals surface area contributed by atoms with Gasteiger partial charge in [-0.15, -0.1) is 0 Å². The third kappa shape index (κ3) is 3.91. The molecule has 3 heterocycles. The number of nitrogens with zero attached hydrogens (tertiary/aromatic N) is 2. The number of hydrogen-bond donors (Lipinski definition) is 2. The normalized spacial score (nSPS) is 13.4. The van der Waals surface area contributed by atoms with Gasteiger partial charge in [-0.25, -0.2) is 0 Å². The Labute approximate surface area is 190 Å². The third-order valence-corrected chi connectivity index (χ3v) is 6.75. The van der Waals surface area contributed by atoms with Crippen molar-refractivity contribution in [2.24, 2.45) is 0 Å². The van der Waals surface area contributed by atoms with Crippen molar-refractivity contribution in [3.05, 3.63) is 78.1 Å². The van der Waals surface area contributed by atoms with Crippen LogP contribution in [0.25, 0.3) is 16.6 Å². The lowest BCUT2D eigenvalue weighted by Crippen LogP contribution is -2.43. The van der Waals surface area contributed by atoms with E-state index in [-0.39, 0.29) is 18.4 Å². The second kappa shape index (κ2) is 8.59. The zero-order chi connectivity index (χ0) is 22.1. The molecule has 2 aromatic heterocycles. The molecule has 2 N–H and O–H groups in total. The van der Waals surface area contributed by atoms with Crippen LogP contribution in [-0.2, 0) is 16.0 Å². The van der Waals surface area contributed by atoms with E-state index >= 15 is 0 Å². The summed E-state index contributed by atoms with van der Waals surface area (Å²) >= 11 is 1.49. The smallest absolute Gasteiger partial charge is 0.240 e. The molecule has 0 bridgehead atoms. The summed E-state index contributed by atoms with van der Waals surface area (Å²) in [6.07, 6.45) is 4.71. The molecule has 162 valence electrons. The summed E-state index contributed by atoms with van der Waals surface area (Å²) in [7, 11) is 0. The van der Waals surface area contributed by atoms with Crippen LogP contribution in [0.15, 0.2) is 72.0 Å². The van der Waals surface area contributed by atoms with Crippen molar-refractivity contribution >= 4 is 40.2 Å². The zero-order valence-corrected chi connectivity index (χ0v) is 18.6. The van der Waals surface area contributed by atoms with Gasteiger partial charge in [0.05, 0.1) is 22.2 Å². The number of carbonyl (C=O) groups excluding carboxylic acids is 2. The van der Waals surface area contributed by atoms with E-state index in [1.165, 1.54) is 28.3 Å². The SMILES string of the molecule is Cc1ccc2[nH]cc(CCNC(=O)CN3C(=O)CSc4cccn4-c4ccccc43)c2c1. The monoisotopic (exact) mass is 444 g/mol. The maximum absolute atomic E-state index is 12.9. The van der Waals surface area contributed by atoms with Crippen molar-refractivity contribution in [3.8, 4) is 5.69 Å². The summed E-state index contributed by atoms with van der Waals surface area (Å²) in [6.45, 7) is 2.59. The molecule has 5 rings (SSSR count). The first-order chi connectivity index (χ1) is 15.6. The maximum Gasteiger partial charge on any atom is 0.240 e. The summed E-state index contributed by atoms with van der Waals surface area (Å²) in [5.74, 6) is 0.0555. The molecule has 32 heavy (non-hydrogen) atoms. The van der Waals surface area contributed by atoms with Gasteiger partial charge >= 0.3 is 0 Å². The van der Waals surface area contributed by atoms with Gasteiger partial charge in [0.1, 0.15) is 6.54 Å².